The topological polar surface area (TPSA) is 128 Å². The summed E-state index contributed by atoms with van der Waals surface area (Å²) in [5.74, 6) is -0.286. The van der Waals surface area contributed by atoms with E-state index in [1.807, 2.05) is 0 Å². The fourth-order valence-corrected chi connectivity index (χ4v) is 5.06. The van der Waals surface area contributed by atoms with Crippen LogP contribution in [0.4, 0.5) is 11.4 Å². The molecule has 0 bridgehead atoms. The number of non-ortho nitro benzene ring substituents is 1. The molecule has 0 saturated heterocycles. The predicted octanol–water partition coefficient (Wildman–Crippen LogP) is 3.11. The molecule has 9 nitrogen and oxygen atoms in total. The van der Waals surface area contributed by atoms with Gasteiger partial charge < -0.3 is 10.1 Å². The fourth-order valence-electron chi connectivity index (χ4n) is 3.53. The molecule has 1 aliphatic heterocycles. The molecular weight excluding hydrogens is 410 g/mol. The van der Waals surface area contributed by atoms with Gasteiger partial charge >= 0.3 is 0 Å². The number of sulfonamides is 1. The van der Waals surface area contributed by atoms with Gasteiger partial charge in [-0.25, -0.2) is 8.42 Å². The lowest BCUT2D eigenvalue weighted by molar-refractivity contribution is -0.384. The summed E-state index contributed by atoms with van der Waals surface area (Å²) in [7, 11) is -2.77. The first-order valence-electron chi connectivity index (χ1n) is 8.87. The molecule has 3 aromatic carbocycles. The maximum absolute atomic E-state index is 13.3. The molecule has 1 heterocycles. The van der Waals surface area contributed by atoms with E-state index in [0.29, 0.717) is 27.6 Å². The van der Waals surface area contributed by atoms with Crippen LogP contribution in [0.3, 0.4) is 0 Å². The third-order valence-electron chi connectivity index (χ3n) is 5.15. The second-order valence-corrected chi connectivity index (χ2v) is 8.59. The van der Waals surface area contributed by atoms with E-state index in [2.05, 4.69) is 10.0 Å². The second-order valence-electron chi connectivity index (χ2n) is 6.94. The van der Waals surface area contributed by atoms with E-state index in [4.69, 9.17) is 4.74 Å². The number of nitrogens with zero attached hydrogens (tertiary/aromatic N) is 1. The Morgan fingerprint density at radius 1 is 1.10 bits per heavy atom. The Hall–Kier alpha value is -3.34. The number of methoxy groups -OCH3 is 1. The van der Waals surface area contributed by atoms with E-state index in [1.54, 1.807) is 24.3 Å². The summed E-state index contributed by atoms with van der Waals surface area (Å²) in [5, 5.41) is 14.5. The van der Waals surface area contributed by atoms with Gasteiger partial charge in [0.25, 0.3) is 11.6 Å². The number of nitro groups is 1. The number of nitro benzene ring substituents is 1. The first kappa shape index (κ1) is 20.0. The van der Waals surface area contributed by atoms with Gasteiger partial charge in [-0.15, -0.1) is 0 Å². The molecule has 0 spiro atoms. The van der Waals surface area contributed by atoms with Crippen LogP contribution in [0.5, 0.6) is 0 Å². The number of amides is 1. The number of carbonyl (C=O) groups excluding carboxylic acids is 1. The van der Waals surface area contributed by atoms with E-state index in [-0.39, 0.29) is 16.5 Å². The summed E-state index contributed by atoms with van der Waals surface area (Å²) in [5.41, 5.74) is -0.254. The molecule has 154 valence electrons. The minimum Gasteiger partial charge on any atom is -0.359 e. The zero-order valence-corrected chi connectivity index (χ0v) is 16.8. The zero-order valence-electron chi connectivity index (χ0n) is 16.0. The van der Waals surface area contributed by atoms with Crippen LogP contribution in [0, 0.1) is 10.1 Å². The van der Waals surface area contributed by atoms with Crippen molar-refractivity contribution in [2.24, 2.45) is 0 Å². The van der Waals surface area contributed by atoms with Crippen molar-refractivity contribution in [1.29, 1.82) is 0 Å². The van der Waals surface area contributed by atoms with Crippen molar-refractivity contribution in [3.63, 3.8) is 0 Å². The van der Waals surface area contributed by atoms with E-state index in [0.717, 1.165) is 0 Å². The van der Waals surface area contributed by atoms with Gasteiger partial charge in [-0.3, -0.25) is 14.9 Å². The zero-order chi connectivity index (χ0) is 21.7. The molecule has 0 radical (unpaired) electrons. The average molecular weight is 427 g/mol. The first-order valence-corrected chi connectivity index (χ1v) is 10.4. The Balaban J connectivity index is 1.78. The van der Waals surface area contributed by atoms with Gasteiger partial charge in [0.1, 0.15) is 0 Å². The molecule has 3 aromatic rings. The monoisotopic (exact) mass is 427 g/mol. The quantitative estimate of drug-likeness (QED) is 0.353. The van der Waals surface area contributed by atoms with Gasteiger partial charge in [-0.2, -0.15) is 4.72 Å². The maximum atomic E-state index is 13.3. The van der Waals surface area contributed by atoms with Gasteiger partial charge in [-0.1, -0.05) is 12.1 Å². The molecule has 4 rings (SSSR count). The number of rotatable bonds is 6. The first-order chi connectivity index (χ1) is 14.2. The molecule has 10 heteroatoms. The van der Waals surface area contributed by atoms with E-state index >= 15 is 0 Å². The highest BCUT2D eigenvalue weighted by molar-refractivity contribution is 7.89. The molecule has 1 aliphatic rings. The minimum atomic E-state index is -4.10. The van der Waals surface area contributed by atoms with Crippen LogP contribution in [0.2, 0.25) is 0 Å². The van der Waals surface area contributed by atoms with E-state index < -0.39 is 20.7 Å². The fraction of sp³-hybridized carbons (Fsp3) is 0.150. The lowest BCUT2D eigenvalue weighted by atomic mass is 10.1. The third-order valence-corrected chi connectivity index (χ3v) is 6.74. The number of benzene rings is 3. The van der Waals surface area contributed by atoms with Gasteiger partial charge in [0.2, 0.25) is 10.0 Å². The molecule has 0 aromatic heterocycles. The molecule has 0 aliphatic carbocycles. The van der Waals surface area contributed by atoms with Crippen LogP contribution in [-0.2, 0) is 20.5 Å². The second kappa shape index (κ2) is 6.87. The number of hydrogen-bond donors (Lipinski definition) is 2. The summed E-state index contributed by atoms with van der Waals surface area (Å²) in [6.07, 6.45) is 0. The Bertz CT molecular complexity index is 1300. The summed E-state index contributed by atoms with van der Waals surface area (Å²) in [4.78, 5) is 22.4. The molecule has 0 saturated carbocycles. The molecule has 1 unspecified atom stereocenters. The highest BCUT2D eigenvalue weighted by Crippen LogP contribution is 2.37. The Labute approximate surface area is 171 Å². The van der Waals surface area contributed by atoms with Crippen molar-refractivity contribution in [3.05, 3.63) is 75.8 Å². The van der Waals surface area contributed by atoms with Gasteiger partial charge in [-0.05, 0) is 42.8 Å². The molecular formula is C20H17N3O6S. The Morgan fingerprint density at radius 2 is 1.80 bits per heavy atom. The van der Waals surface area contributed by atoms with Crippen molar-refractivity contribution in [1.82, 2.24) is 4.72 Å². The van der Waals surface area contributed by atoms with Crippen LogP contribution >= 0.6 is 0 Å². The van der Waals surface area contributed by atoms with E-state index in [1.165, 1.54) is 44.4 Å². The van der Waals surface area contributed by atoms with Crippen molar-refractivity contribution in [3.8, 4) is 0 Å². The van der Waals surface area contributed by atoms with Crippen LogP contribution in [0.15, 0.2) is 59.5 Å². The predicted molar refractivity (Wildman–Crippen MR) is 110 cm³/mol. The maximum Gasteiger partial charge on any atom is 0.269 e. The highest BCUT2D eigenvalue weighted by atomic mass is 32.2. The van der Waals surface area contributed by atoms with Crippen LogP contribution in [0.25, 0.3) is 10.8 Å². The number of nitrogens with one attached hydrogen (secondary N) is 2. The van der Waals surface area contributed by atoms with Gasteiger partial charge in [0, 0.05) is 41.3 Å². The molecule has 1 amide bonds. The van der Waals surface area contributed by atoms with Crippen molar-refractivity contribution in [2.45, 2.75) is 17.5 Å². The molecule has 2 N–H and O–H groups in total. The van der Waals surface area contributed by atoms with Crippen molar-refractivity contribution in [2.75, 3.05) is 12.4 Å². The van der Waals surface area contributed by atoms with Crippen molar-refractivity contribution < 1.29 is 22.9 Å². The lowest BCUT2D eigenvalue weighted by Gasteiger charge is -2.29. The van der Waals surface area contributed by atoms with Gasteiger partial charge in [0.15, 0.2) is 5.72 Å². The molecule has 0 fully saturated rings. The van der Waals surface area contributed by atoms with E-state index in [9.17, 15) is 23.3 Å². The standard InChI is InChI=1S/C20H17N3O6S/c1-20(29-2,12-6-8-13(9-7-12)23(25)26)22-30(27,28)17-11-10-16-18-14(17)4-3-5-15(18)19(24)21-16/h3-11,22H,1-2H3,(H,21,24). The normalized spacial score (nSPS) is 15.1. The Morgan fingerprint density at radius 3 is 2.43 bits per heavy atom. The summed E-state index contributed by atoms with van der Waals surface area (Å²) in [6.45, 7) is 1.51. The lowest BCUT2D eigenvalue weighted by Crippen LogP contribution is -2.44. The number of anilines is 1. The smallest absolute Gasteiger partial charge is 0.269 e. The number of carbonyl (C=O) groups is 1. The van der Waals surface area contributed by atoms with Crippen LogP contribution in [-0.4, -0.2) is 26.4 Å². The molecule has 1 atom stereocenters. The number of hydrogen-bond acceptors (Lipinski definition) is 6. The molecule has 30 heavy (non-hydrogen) atoms. The average Bonchev–Trinajstić information content (AvgIpc) is 3.05. The van der Waals surface area contributed by atoms with Crippen LogP contribution in [0.1, 0.15) is 22.8 Å². The third kappa shape index (κ3) is 3.11. The van der Waals surface area contributed by atoms with Crippen molar-refractivity contribution >= 4 is 38.1 Å². The summed E-state index contributed by atoms with van der Waals surface area (Å²) >= 11 is 0. The SMILES string of the molecule is COC(C)(NS(=O)(=O)c1ccc2c3c(cccc13)C(=O)N2)c1ccc([N+](=O)[O-])cc1. The minimum absolute atomic E-state index is 0.00946. The summed E-state index contributed by atoms with van der Waals surface area (Å²) in [6, 6.07) is 13.3. The highest BCUT2D eigenvalue weighted by Gasteiger charge is 2.34. The number of ether oxygens (including phenoxy) is 1. The van der Waals surface area contributed by atoms with Crippen LogP contribution < -0.4 is 10.0 Å². The summed E-state index contributed by atoms with van der Waals surface area (Å²) < 4.78 is 34.6. The largest absolute Gasteiger partial charge is 0.359 e. The Kier molecular flexibility index (Phi) is 4.57. The van der Waals surface area contributed by atoms with Gasteiger partial charge in [0.05, 0.1) is 9.82 Å².